The molecule has 0 amide bonds. The monoisotopic (exact) mass is 219 g/mol. The van der Waals surface area contributed by atoms with Crippen LogP contribution >= 0.6 is 0 Å². The molecule has 1 atom stereocenters. The second-order valence-electron chi connectivity index (χ2n) is 4.42. The number of hydrogen-bond acceptors (Lipinski definition) is 1. The van der Waals surface area contributed by atoms with Gasteiger partial charge in [-0.3, -0.25) is 0 Å². The largest absolute Gasteiger partial charge is 0.314 e. The van der Waals surface area contributed by atoms with E-state index in [2.05, 4.69) is 49.5 Å². The normalized spacial score (nSPS) is 12.6. The average molecular weight is 219 g/mol. The SMILES string of the molecule is CCCC(CCCc1ccccc1)NCC. The highest BCUT2D eigenvalue weighted by molar-refractivity contribution is 5.14. The van der Waals surface area contributed by atoms with E-state index < -0.39 is 0 Å². The minimum absolute atomic E-state index is 0.721. The van der Waals surface area contributed by atoms with Gasteiger partial charge < -0.3 is 5.32 Å². The third-order valence-corrected chi connectivity index (χ3v) is 2.99. The van der Waals surface area contributed by atoms with E-state index in [1.165, 1.54) is 37.7 Å². The molecule has 1 aromatic carbocycles. The topological polar surface area (TPSA) is 12.0 Å². The van der Waals surface area contributed by atoms with Crippen LogP contribution in [0.5, 0.6) is 0 Å². The molecule has 0 aliphatic heterocycles. The predicted octanol–water partition coefficient (Wildman–Crippen LogP) is 3.79. The standard InChI is InChI=1S/C15H25N/c1-3-9-15(16-4-2)13-8-12-14-10-6-5-7-11-14/h5-7,10-11,15-16H,3-4,8-9,12-13H2,1-2H3. The summed E-state index contributed by atoms with van der Waals surface area (Å²) in [5, 5.41) is 3.57. The van der Waals surface area contributed by atoms with E-state index in [0.29, 0.717) is 0 Å². The first-order valence-electron chi connectivity index (χ1n) is 6.64. The average Bonchev–Trinajstić information content (AvgIpc) is 2.31. The fourth-order valence-electron chi connectivity index (χ4n) is 2.18. The number of nitrogens with one attached hydrogen (secondary N) is 1. The van der Waals surface area contributed by atoms with E-state index >= 15 is 0 Å². The van der Waals surface area contributed by atoms with Crippen molar-refractivity contribution in [1.29, 1.82) is 0 Å². The van der Waals surface area contributed by atoms with Crippen LogP contribution in [0.3, 0.4) is 0 Å². The van der Waals surface area contributed by atoms with Crippen LogP contribution in [0.25, 0.3) is 0 Å². The second kappa shape index (κ2) is 8.35. The number of hydrogen-bond donors (Lipinski definition) is 1. The molecule has 1 aromatic rings. The zero-order valence-electron chi connectivity index (χ0n) is 10.7. The van der Waals surface area contributed by atoms with Gasteiger partial charge in [-0.25, -0.2) is 0 Å². The van der Waals surface area contributed by atoms with E-state index in [1.54, 1.807) is 0 Å². The van der Waals surface area contributed by atoms with Gasteiger partial charge in [0.05, 0.1) is 0 Å². The first-order valence-corrected chi connectivity index (χ1v) is 6.64. The van der Waals surface area contributed by atoms with Crippen LogP contribution < -0.4 is 5.32 Å². The van der Waals surface area contributed by atoms with Gasteiger partial charge in [-0.2, -0.15) is 0 Å². The lowest BCUT2D eigenvalue weighted by Crippen LogP contribution is -2.28. The first-order chi connectivity index (χ1) is 7.86. The van der Waals surface area contributed by atoms with Crippen molar-refractivity contribution >= 4 is 0 Å². The summed E-state index contributed by atoms with van der Waals surface area (Å²) >= 11 is 0. The molecule has 90 valence electrons. The Bertz CT molecular complexity index is 249. The smallest absolute Gasteiger partial charge is 0.00669 e. The van der Waals surface area contributed by atoms with Crippen molar-refractivity contribution in [2.24, 2.45) is 0 Å². The summed E-state index contributed by atoms with van der Waals surface area (Å²) < 4.78 is 0. The Morgan fingerprint density at radius 2 is 1.81 bits per heavy atom. The highest BCUT2D eigenvalue weighted by atomic mass is 14.9. The summed E-state index contributed by atoms with van der Waals surface area (Å²) in [6.07, 6.45) is 6.40. The zero-order valence-corrected chi connectivity index (χ0v) is 10.7. The molecule has 0 heterocycles. The molecule has 0 saturated heterocycles. The third kappa shape index (κ3) is 5.32. The van der Waals surface area contributed by atoms with Crippen molar-refractivity contribution < 1.29 is 0 Å². The maximum atomic E-state index is 3.57. The van der Waals surface area contributed by atoms with Crippen molar-refractivity contribution in [1.82, 2.24) is 5.32 Å². The van der Waals surface area contributed by atoms with Crippen molar-refractivity contribution in [3.8, 4) is 0 Å². The van der Waals surface area contributed by atoms with E-state index in [0.717, 1.165) is 12.6 Å². The Hall–Kier alpha value is -0.820. The van der Waals surface area contributed by atoms with E-state index in [9.17, 15) is 0 Å². The molecular formula is C15H25N. The van der Waals surface area contributed by atoms with E-state index in [1.807, 2.05) is 0 Å². The maximum Gasteiger partial charge on any atom is 0.00669 e. The van der Waals surface area contributed by atoms with Gasteiger partial charge in [-0.15, -0.1) is 0 Å². The molecule has 0 fully saturated rings. The quantitative estimate of drug-likeness (QED) is 0.701. The molecule has 0 aromatic heterocycles. The van der Waals surface area contributed by atoms with Crippen LogP contribution in [0.1, 0.15) is 45.1 Å². The molecule has 0 bridgehead atoms. The zero-order chi connectivity index (χ0) is 11.6. The Balaban J connectivity index is 2.22. The van der Waals surface area contributed by atoms with Crippen LogP contribution in [-0.2, 0) is 6.42 Å². The van der Waals surface area contributed by atoms with E-state index in [-0.39, 0.29) is 0 Å². The summed E-state index contributed by atoms with van der Waals surface area (Å²) in [4.78, 5) is 0. The lowest BCUT2D eigenvalue weighted by Gasteiger charge is -2.16. The highest BCUT2D eigenvalue weighted by Gasteiger charge is 2.05. The summed E-state index contributed by atoms with van der Waals surface area (Å²) in [5.41, 5.74) is 1.47. The Labute approximate surface area is 100 Å². The summed E-state index contributed by atoms with van der Waals surface area (Å²) in [6, 6.07) is 11.5. The molecule has 1 unspecified atom stereocenters. The van der Waals surface area contributed by atoms with Crippen molar-refractivity contribution in [3.63, 3.8) is 0 Å². The molecule has 0 saturated carbocycles. The Kier molecular flexibility index (Phi) is 6.91. The summed E-state index contributed by atoms with van der Waals surface area (Å²) in [7, 11) is 0. The first kappa shape index (κ1) is 13.2. The Morgan fingerprint density at radius 3 is 2.44 bits per heavy atom. The molecule has 1 rings (SSSR count). The van der Waals surface area contributed by atoms with Crippen LogP contribution in [0.4, 0.5) is 0 Å². The van der Waals surface area contributed by atoms with Gasteiger partial charge in [0.1, 0.15) is 0 Å². The van der Waals surface area contributed by atoms with Gasteiger partial charge in [0.15, 0.2) is 0 Å². The van der Waals surface area contributed by atoms with Crippen LogP contribution in [0.2, 0.25) is 0 Å². The minimum atomic E-state index is 0.721. The van der Waals surface area contributed by atoms with Crippen LogP contribution in [0, 0.1) is 0 Å². The maximum absolute atomic E-state index is 3.57. The Morgan fingerprint density at radius 1 is 1.06 bits per heavy atom. The summed E-state index contributed by atoms with van der Waals surface area (Å²) in [5.74, 6) is 0. The highest BCUT2D eigenvalue weighted by Crippen LogP contribution is 2.09. The van der Waals surface area contributed by atoms with E-state index in [4.69, 9.17) is 0 Å². The van der Waals surface area contributed by atoms with Gasteiger partial charge in [-0.1, -0.05) is 50.6 Å². The number of rotatable bonds is 8. The third-order valence-electron chi connectivity index (χ3n) is 2.99. The molecular weight excluding hydrogens is 194 g/mol. The molecule has 16 heavy (non-hydrogen) atoms. The van der Waals surface area contributed by atoms with Gasteiger partial charge in [0.25, 0.3) is 0 Å². The van der Waals surface area contributed by atoms with Crippen LogP contribution in [-0.4, -0.2) is 12.6 Å². The fourth-order valence-corrected chi connectivity index (χ4v) is 2.18. The summed E-state index contributed by atoms with van der Waals surface area (Å²) in [6.45, 7) is 5.55. The predicted molar refractivity (Wildman–Crippen MR) is 71.8 cm³/mol. The van der Waals surface area contributed by atoms with Crippen molar-refractivity contribution in [2.75, 3.05) is 6.54 Å². The van der Waals surface area contributed by atoms with Gasteiger partial charge in [0, 0.05) is 6.04 Å². The van der Waals surface area contributed by atoms with Crippen molar-refractivity contribution in [2.45, 2.75) is 52.0 Å². The molecule has 0 radical (unpaired) electrons. The van der Waals surface area contributed by atoms with Gasteiger partial charge >= 0.3 is 0 Å². The number of aryl methyl sites for hydroxylation is 1. The minimum Gasteiger partial charge on any atom is -0.314 e. The van der Waals surface area contributed by atoms with Crippen molar-refractivity contribution in [3.05, 3.63) is 35.9 Å². The fraction of sp³-hybridized carbons (Fsp3) is 0.600. The lowest BCUT2D eigenvalue weighted by molar-refractivity contribution is 0.447. The molecule has 1 nitrogen and oxygen atoms in total. The lowest BCUT2D eigenvalue weighted by atomic mass is 10.0. The van der Waals surface area contributed by atoms with Gasteiger partial charge in [-0.05, 0) is 37.8 Å². The van der Waals surface area contributed by atoms with Gasteiger partial charge in [0.2, 0.25) is 0 Å². The molecule has 1 heteroatoms. The molecule has 0 aliphatic carbocycles. The molecule has 0 spiro atoms. The van der Waals surface area contributed by atoms with Crippen LogP contribution in [0.15, 0.2) is 30.3 Å². The second-order valence-corrected chi connectivity index (χ2v) is 4.42. The number of benzene rings is 1. The molecule has 1 N–H and O–H groups in total. The molecule has 0 aliphatic rings.